The third-order valence-electron chi connectivity index (χ3n) is 5.32. The van der Waals surface area contributed by atoms with E-state index >= 15 is 0 Å². The van der Waals surface area contributed by atoms with Crippen LogP contribution < -0.4 is 4.74 Å². The second-order valence-electron chi connectivity index (χ2n) is 7.26. The summed E-state index contributed by atoms with van der Waals surface area (Å²) in [6, 6.07) is 18.0. The van der Waals surface area contributed by atoms with Gasteiger partial charge in [-0.3, -0.25) is 0 Å². The van der Waals surface area contributed by atoms with Crippen LogP contribution in [-0.2, 0) is 6.54 Å². The summed E-state index contributed by atoms with van der Waals surface area (Å²) >= 11 is 0. The Morgan fingerprint density at radius 2 is 1.83 bits per heavy atom. The van der Waals surface area contributed by atoms with E-state index in [0.717, 1.165) is 59.7 Å². The highest BCUT2D eigenvalue weighted by molar-refractivity contribution is 6.04. The number of hydrogen-bond acceptors (Lipinski definition) is 5. The molecule has 1 aliphatic heterocycles. The van der Waals surface area contributed by atoms with Crippen LogP contribution >= 0.6 is 0 Å². The van der Waals surface area contributed by atoms with Crippen molar-refractivity contribution in [3.63, 3.8) is 0 Å². The molecule has 0 bridgehead atoms. The largest absolute Gasteiger partial charge is 0.457 e. The molecular formula is C22H20BN5O. The fourth-order valence-electron chi connectivity index (χ4n) is 3.82. The van der Waals surface area contributed by atoms with Gasteiger partial charge in [-0.05, 0) is 55.8 Å². The summed E-state index contributed by atoms with van der Waals surface area (Å²) in [7, 11) is 6.11. The van der Waals surface area contributed by atoms with Gasteiger partial charge in [0.1, 0.15) is 23.5 Å². The van der Waals surface area contributed by atoms with Crippen molar-refractivity contribution in [2.45, 2.75) is 25.4 Å². The maximum absolute atomic E-state index is 6.11. The molecule has 1 aliphatic rings. The molecule has 0 saturated carbocycles. The molecule has 0 spiro atoms. The molecule has 2 radical (unpaired) electrons. The van der Waals surface area contributed by atoms with Crippen molar-refractivity contribution >= 4 is 19.0 Å². The Hall–Kier alpha value is -3.19. The molecule has 1 saturated heterocycles. The van der Waals surface area contributed by atoms with Gasteiger partial charge in [-0.1, -0.05) is 18.2 Å². The average Bonchev–Trinajstić information content (AvgIpc) is 3.34. The van der Waals surface area contributed by atoms with E-state index in [0.29, 0.717) is 0 Å². The smallest absolute Gasteiger partial charge is 0.182 e. The molecule has 0 amide bonds. The minimum absolute atomic E-state index is 0.280. The van der Waals surface area contributed by atoms with Crippen molar-refractivity contribution < 1.29 is 4.74 Å². The summed E-state index contributed by atoms with van der Waals surface area (Å²) in [5.41, 5.74) is 2.70. The van der Waals surface area contributed by atoms with Gasteiger partial charge in [-0.25, -0.2) is 14.6 Å². The van der Waals surface area contributed by atoms with Crippen molar-refractivity contribution in [1.29, 1.82) is 0 Å². The van der Waals surface area contributed by atoms with Crippen molar-refractivity contribution in [3.8, 4) is 22.8 Å². The van der Waals surface area contributed by atoms with Gasteiger partial charge in [0.15, 0.2) is 13.6 Å². The summed E-state index contributed by atoms with van der Waals surface area (Å²) in [4.78, 5) is 10.6. The zero-order valence-electron chi connectivity index (χ0n) is 16.0. The highest BCUT2D eigenvalue weighted by atomic mass is 16.5. The van der Waals surface area contributed by atoms with Crippen LogP contribution in [-0.4, -0.2) is 45.1 Å². The molecule has 1 atom stereocenters. The predicted octanol–water partition coefficient (Wildman–Crippen LogP) is 3.83. The van der Waals surface area contributed by atoms with Crippen LogP contribution in [0.1, 0.15) is 12.8 Å². The molecule has 2 aromatic heterocycles. The van der Waals surface area contributed by atoms with E-state index < -0.39 is 0 Å². The highest BCUT2D eigenvalue weighted by Crippen LogP contribution is 2.30. The van der Waals surface area contributed by atoms with Gasteiger partial charge in [0, 0.05) is 17.8 Å². The van der Waals surface area contributed by atoms with E-state index in [4.69, 9.17) is 17.8 Å². The number of aromatic nitrogens is 4. The van der Waals surface area contributed by atoms with Crippen molar-refractivity contribution in [3.05, 3.63) is 67.1 Å². The molecule has 0 aliphatic carbocycles. The minimum Gasteiger partial charge on any atom is -0.457 e. The Morgan fingerprint density at radius 3 is 2.59 bits per heavy atom. The fourth-order valence-corrected chi connectivity index (χ4v) is 3.82. The van der Waals surface area contributed by atoms with Gasteiger partial charge in [0.25, 0.3) is 0 Å². The molecule has 7 heteroatoms. The molecule has 0 unspecified atom stereocenters. The molecule has 5 rings (SSSR count). The summed E-state index contributed by atoms with van der Waals surface area (Å²) in [5.74, 6) is 1.59. The SMILES string of the molecule is [B]N1CCC[C@H]1Cn1nc(-c2ccc(Oc3ccccc3)cc2)c2cncnc21. The molecule has 2 aromatic carbocycles. The Bertz CT molecular complexity index is 1110. The van der Waals surface area contributed by atoms with E-state index in [9.17, 15) is 0 Å². The number of fused-ring (bicyclic) bond motifs is 1. The molecule has 1 fully saturated rings. The van der Waals surface area contributed by atoms with Gasteiger partial charge in [-0.2, -0.15) is 5.10 Å². The van der Waals surface area contributed by atoms with Gasteiger partial charge in [-0.15, -0.1) is 0 Å². The van der Waals surface area contributed by atoms with Gasteiger partial charge in [0.05, 0.1) is 11.9 Å². The first kappa shape index (κ1) is 17.9. The first-order valence-electron chi connectivity index (χ1n) is 9.79. The minimum atomic E-state index is 0.280. The monoisotopic (exact) mass is 381 g/mol. The molecule has 0 N–H and O–H groups in total. The van der Waals surface area contributed by atoms with Crippen LogP contribution in [0.4, 0.5) is 0 Å². The van der Waals surface area contributed by atoms with E-state index in [-0.39, 0.29) is 6.04 Å². The zero-order valence-corrected chi connectivity index (χ0v) is 16.0. The molecule has 4 aromatic rings. The van der Waals surface area contributed by atoms with Crippen LogP contribution in [0.2, 0.25) is 0 Å². The maximum Gasteiger partial charge on any atom is 0.182 e. The summed E-state index contributed by atoms with van der Waals surface area (Å²) in [5, 5.41) is 5.80. The van der Waals surface area contributed by atoms with Crippen LogP contribution in [0.3, 0.4) is 0 Å². The van der Waals surface area contributed by atoms with Crippen molar-refractivity contribution in [1.82, 2.24) is 24.6 Å². The van der Waals surface area contributed by atoms with E-state index in [1.54, 1.807) is 6.33 Å². The number of ether oxygens (including phenoxy) is 1. The summed E-state index contributed by atoms with van der Waals surface area (Å²) in [6.07, 6.45) is 5.58. The summed E-state index contributed by atoms with van der Waals surface area (Å²) < 4.78 is 7.85. The van der Waals surface area contributed by atoms with Crippen molar-refractivity contribution in [2.75, 3.05) is 6.54 Å². The third-order valence-corrected chi connectivity index (χ3v) is 5.32. The molecule has 29 heavy (non-hydrogen) atoms. The number of para-hydroxylation sites is 1. The van der Waals surface area contributed by atoms with Crippen LogP contribution in [0.5, 0.6) is 11.5 Å². The lowest BCUT2D eigenvalue weighted by molar-refractivity contribution is 0.363. The second-order valence-corrected chi connectivity index (χ2v) is 7.26. The Labute approximate surface area is 170 Å². The molecule has 3 heterocycles. The number of benzene rings is 2. The van der Waals surface area contributed by atoms with E-state index in [2.05, 4.69) is 9.97 Å². The topological polar surface area (TPSA) is 56.1 Å². The number of nitrogens with zero attached hydrogens (tertiary/aromatic N) is 5. The maximum atomic E-state index is 6.11. The van der Waals surface area contributed by atoms with Gasteiger partial charge >= 0.3 is 0 Å². The van der Waals surface area contributed by atoms with Gasteiger partial charge in [0.2, 0.25) is 0 Å². The second kappa shape index (κ2) is 7.68. The Morgan fingerprint density at radius 1 is 1.03 bits per heavy atom. The van der Waals surface area contributed by atoms with Crippen LogP contribution in [0, 0.1) is 0 Å². The third kappa shape index (κ3) is 3.61. The zero-order chi connectivity index (χ0) is 19.6. The average molecular weight is 381 g/mol. The summed E-state index contributed by atoms with van der Waals surface area (Å²) in [6.45, 7) is 1.65. The van der Waals surface area contributed by atoms with E-state index in [1.807, 2.05) is 70.3 Å². The Balaban J connectivity index is 1.45. The first-order chi connectivity index (χ1) is 14.3. The standard InChI is InChI=1S/C22H20BN5O/c23-27-12-4-5-17(27)14-28-22-20(13-24-15-25-22)21(26-28)16-8-10-19(11-9-16)29-18-6-2-1-3-7-18/h1-3,6-11,13,15,17H,4-5,12,14H2/t17-/m0/s1. The predicted molar refractivity (Wildman–Crippen MR) is 113 cm³/mol. The lowest BCUT2D eigenvalue weighted by Crippen LogP contribution is -2.31. The Kier molecular flexibility index (Phi) is 4.73. The highest BCUT2D eigenvalue weighted by Gasteiger charge is 2.23. The lowest BCUT2D eigenvalue weighted by atomic mass is 10.1. The fraction of sp³-hybridized carbons (Fsp3) is 0.227. The molecule has 142 valence electrons. The van der Waals surface area contributed by atoms with Crippen molar-refractivity contribution in [2.24, 2.45) is 0 Å². The van der Waals surface area contributed by atoms with Gasteiger partial charge < -0.3 is 9.55 Å². The molecule has 6 nitrogen and oxygen atoms in total. The lowest BCUT2D eigenvalue weighted by Gasteiger charge is -2.19. The number of hydrogen-bond donors (Lipinski definition) is 0. The quantitative estimate of drug-likeness (QED) is 0.492. The first-order valence-corrected chi connectivity index (χ1v) is 9.79. The normalized spacial score (nSPS) is 17.0. The van der Waals surface area contributed by atoms with E-state index in [1.165, 1.54) is 0 Å². The number of rotatable bonds is 5. The van der Waals surface area contributed by atoms with Crippen LogP contribution in [0.15, 0.2) is 67.1 Å². The molecular weight excluding hydrogens is 361 g/mol. The van der Waals surface area contributed by atoms with Crippen LogP contribution in [0.25, 0.3) is 22.3 Å².